The molecular formula is C21H16NO5-. The minimum atomic E-state index is -1.23. The molecule has 1 aromatic heterocycles. The number of para-hydroxylation sites is 1. The number of benzene rings is 2. The Hall–Kier alpha value is -3.54. The fourth-order valence-electron chi connectivity index (χ4n) is 3.02. The summed E-state index contributed by atoms with van der Waals surface area (Å²) in [5.74, 6) is 0.545. The van der Waals surface area contributed by atoms with E-state index in [0.717, 1.165) is 5.56 Å². The van der Waals surface area contributed by atoms with Gasteiger partial charge >= 0.3 is 0 Å². The third-order valence-electron chi connectivity index (χ3n) is 4.25. The third-order valence-corrected chi connectivity index (χ3v) is 4.25. The van der Waals surface area contributed by atoms with Crippen molar-refractivity contribution in [1.29, 1.82) is 0 Å². The monoisotopic (exact) mass is 362 g/mol. The van der Waals surface area contributed by atoms with Gasteiger partial charge in [0, 0.05) is 10.9 Å². The van der Waals surface area contributed by atoms with Crippen LogP contribution >= 0.6 is 0 Å². The van der Waals surface area contributed by atoms with Crippen LogP contribution < -0.4 is 19.3 Å². The van der Waals surface area contributed by atoms with Crippen LogP contribution in [-0.4, -0.2) is 31.3 Å². The van der Waals surface area contributed by atoms with Gasteiger partial charge < -0.3 is 24.1 Å². The number of aromatic nitrogens is 1. The molecule has 0 saturated heterocycles. The number of carboxylic acid groups (broad SMARTS) is 1. The molecule has 4 rings (SSSR count). The summed E-state index contributed by atoms with van der Waals surface area (Å²) in [4.78, 5) is 16.0. The third kappa shape index (κ3) is 3.29. The molecule has 27 heavy (non-hydrogen) atoms. The van der Waals surface area contributed by atoms with E-state index in [4.69, 9.17) is 14.2 Å². The van der Waals surface area contributed by atoms with Crippen LogP contribution in [0.15, 0.2) is 42.5 Å². The van der Waals surface area contributed by atoms with Gasteiger partial charge in [0.05, 0.1) is 24.3 Å². The van der Waals surface area contributed by atoms with E-state index < -0.39 is 5.97 Å². The van der Waals surface area contributed by atoms with Crippen LogP contribution in [0.4, 0.5) is 0 Å². The molecule has 2 aromatic carbocycles. The van der Waals surface area contributed by atoms with Crippen LogP contribution in [0.25, 0.3) is 23.1 Å². The van der Waals surface area contributed by atoms with Crippen molar-refractivity contribution in [2.75, 3.05) is 20.3 Å². The van der Waals surface area contributed by atoms with Crippen LogP contribution in [0, 0.1) is 0 Å². The summed E-state index contributed by atoms with van der Waals surface area (Å²) < 4.78 is 16.6. The molecule has 6 heteroatoms. The molecule has 0 spiro atoms. The van der Waals surface area contributed by atoms with Crippen LogP contribution in [0.3, 0.4) is 0 Å². The Kier molecular flexibility index (Phi) is 4.38. The van der Waals surface area contributed by atoms with Crippen LogP contribution in [0.5, 0.6) is 17.2 Å². The van der Waals surface area contributed by atoms with Crippen molar-refractivity contribution in [3.8, 4) is 17.2 Å². The smallest absolute Gasteiger partial charge is 0.203 e. The van der Waals surface area contributed by atoms with Gasteiger partial charge in [0.25, 0.3) is 0 Å². The standard InChI is InChI=1S/C21H17NO5/c1-25-18-10-13(11-19-20(18)27-9-8-26-19)6-7-14-12-16(21(23)24)15-4-2-3-5-17(15)22-14/h2-7,10-12H,8-9H2,1H3,(H,23,24)/p-1/b7-6+. The molecule has 0 saturated carbocycles. The Labute approximate surface area is 155 Å². The fraction of sp³-hybridized carbons (Fsp3) is 0.143. The SMILES string of the molecule is COc1cc(/C=C/c2cc(C(=O)[O-])c3ccccc3n2)cc2c1OCCO2. The lowest BCUT2D eigenvalue weighted by molar-refractivity contribution is -0.254. The molecule has 0 radical (unpaired) electrons. The molecule has 3 aromatic rings. The van der Waals surface area contributed by atoms with E-state index in [1.807, 2.05) is 24.3 Å². The lowest BCUT2D eigenvalue weighted by atomic mass is 10.1. The Balaban J connectivity index is 1.74. The van der Waals surface area contributed by atoms with Crippen LogP contribution in [-0.2, 0) is 0 Å². The molecule has 2 heterocycles. The number of carboxylic acids is 1. The second-order valence-corrected chi connectivity index (χ2v) is 5.98. The fourth-order valence-corrected chi connectivity index (χ4v) is 3.02. The maximum atomic E-state index is 11.5. The van der Waals surface area contributed by atoms with E-state index in [1.165, 1.54) is 6.07 Å². The number of nitrogens with zero attached hydrogens (tertiary/aromatic N) is 1. The summed E-state index contributed by atoms with van der Waals surface area (Å²) >= 11 is 0. The summed E-state index contributed by atoms with van der Waals surface area (Å²) in [5, 5.41) is 12.0. The summed E-state index contributed by atoms with van der Waals surface area (Å²) in [6.07, 6.45) is 3.56. The van der Waals surface area contributed by atoms with E-state index in [0.29, 0.717) is 47.1 Å². The number of carbonyl (C=O) groups is 1. The number of aromatic carboxylic acids is 1. The Morgan fingerprint density at radius 2 is 1.96 bits per heavy atom. The van der Waals surface area contributed by atoms with Gasteiger partial charge in [-0.05, 0) is 35.9 Å². The molecule has 1 aliphatic heterocycles. The number of rotatable bonds is 4. The van der Waals surface area contributed by atoms with Gasteiger partial charge in [0.2, 0.25) is 5.75 Å². The first-order valence-electron chi connectivity index (χ1n) is 8.42. The van der Waals surface area contributed by atoms with E-state index in [9.17, 15) is 9.90 Å². The summed E-state index contributed by atoms with van der Waals surface area (Å²) in [6, 6.07) is 12.2. The van der Waals surface area contributed by atoms with Gasteiger partial charge in [-0.3, -0.25) is 0 Å². The van der Waals surface area contributed by atoms with Crippen LogP contribution in [0.1, 0.15) is 21.6 Å². The minimum absolute atomic E-state index is 0.111. The number of hydrogen-bond donors (Lipinski definition) is 0. The van der Waals surface area contributed by atoms with E-state index in [2.05, 4.69) is 4.98 Å². The molecular weight excluding hydrogens is 346 g/mol. The second kappa shape index (κ2) is 6.99. The van der Waals surface area contributed by atoms with Gasteiger partial charge in [0.1, 0.15) is 13.2 Å². The predicted molar refractivity (Wildman–Crippen MR) is 99.0 cm³/mol. The lowest BCUT2D eigenvalue weighted by Crippen LogP contribution is -2.22. The maximum Gasteiger partial charge on any atom is 0.203 e. The number of hydrogen-bond acceptors (Lipinski definition) is 6. The maximum absolute atomic E-state index is 11.5. The average Bonchev–Trinajstić information content (AvgIpc) is 2.70. The zero-order chi connectivity index (χ0) is 18.8. The van der Waals surface area contributed by atoms with Crippen molar-refractivity contribution >= 4 is 29.0 Å². The van der Waals surface area contributed by atoms with Gasteiger partial charge in [0.15, 0.2) is 11.5 Å². The summed E-state index contributed by atoms with van der Waals surface area (Å²) in [7, 11) is 1.57. The Morgan fingerprint density at radius 3 is 2.78 bits per heavy atom. The van der Waals surface area contributed by atoms with Crippen molar-refractivity contribution in [1.82, 2.24) is 4.98 Å². The van der Waals surface area contributed by atoms with Crippen molar-refractivity contribution in [2.45, 2.75) is 0 Å². The second-order valence-electron chi connectivity index (χ2n) is 5.98. The zero-order valence-electron chi connectivity index (χ0n) is 14.6. The average molecular weight is 362 g/mol. The molecule has 0 bridgehead atoms. The van der Waals surface area contributed by atoms with Gasteiger partial charge in [-0.15, -0.1) is 0 Å². The minimum Gasteiger partial charge on any atom is -0.545 e. The number of ether oxygens (including phenoxy) is 3. The molecule has 0 amide bonds. The number of fused-ring (bicyclic) bond motifs is 2. The largest absolute Gasteiger partial charge is 0.545 e. The highest BCUT2D eigenvalue weighted by Gasteiger charge is 2.17. The van der Waals surface area contributed by atoms with Crippen LogP contribution in [0.2, 0.25) is 0 Å². The summed E-state index contributed by atoms with van der Waals surface area (Å²) in [5.41, 5.74) is 2.04. The highest BCUT2D eigenvalue weighted by molar-refractivity contribution is 6.02. The summed E-state index contributed by atoms with van der Waals surface area (Å²) in [6.45, 7) is 0.954. The highest BCUT2D eigenvalue weighted by Crippen LogP contribution is 2.40. The molecule has 0 atom stereocenters. The normalized spacial score (nSPS) is 13.1. The highest BCUT2D eigenvalue weighted by atomic mass is 16.6. The topological polar surface area (TPSA) is 80.7 Å². The quantitative estimate of drug-likeness (QED) is 0.710. The Morgan fingerprint density at radius 1 is 1.15 bits per heavy atom. The van der Waals surface area contributed by atoms with Gasteiger partial charge in [-0.2, -0.15) is 0 Å². The van der Waals surface area contributed by atoms with E-state index >= 15 is 0 Å². The molecule has 0 unspecified atom stereocenters. The molecule has 0 aliphatic carbocycles. The van der Waals surface area contributed by atoms with Crippen molar-refractivity contribution < 1.29 is 24.1 Å². The predicted octanol–water partition coefficient (Wildman–Crippen LogP) is 2.55. The number of methoxy groups -OCH3 is 1. The molecule has 1 aliphatic rings. The van der Waals surface area contributed by atoms with Crippen molar-refractivity contribution in [3.05, 3.63) is 59.3 Å². The number of pyridine rings is 1. The first-order chi connectivity index (χ1) is 13.2. The zero-order valence-corrected chi connectivity index (χ0v) is 14.6. The Bertz CT molecular complexity index is 1040. The lowest BCUT2D eigenvalue weighted by Gasteiger charge is -2.20. The molecule has 0 fully saturated rings. The van der Waals surface area contributed by atoms with Crippen molar-refractivity contribution in [2.24, 2.45) is 0 Å². The molecule has 0 N–H and O–H groups in total. The van der Waals surface area contributed by atoms with E-state index in [1.54, 1.807) is 31.4 Å². The molecule has 136 valence electrons. The first kappa shape index (κ1) is 16.9. The van der Waals surface area contributed by atoms with E-state index in [-0.39, 0.29) is 5.56 Å². The van der Waals surface area contributed by atoms with Crippen molar-refractivity contribution in [3.63, 3.8) is 0 Å². The molecule has 6 nitrogen and oxygen atoms in total. The number of carbonyl (C=O) groups excluding carboxylic acids is 1. The first-order valence-corrected chi connectivity index (χ1v) is 8.42. The van der Waals surface area contributed by atoms with Gasteiger partial charge in [-0.1, -0.05) is 24.3 Å². The van der Waals surface area contributed by atoms with Gasteiger partial charge in [-0.25, -0.2) is 4.98 Å².